The molecule has 12 heavy (non-hydrogen) atoms. The molecule has 0 aromatic heterocycles. The molecule has 0 unspecified atom stereocenters. The molecule has 0 aliphatic carbocycles. The fraction of sp³-hybridized carbons (Fsp3) is 0.889. The molecule has 74 valence electrons. The SMILES string of the molecule is CCCC(=O)[N+](C)(C)C(C)C.[Br-]. The summed E-state index contributed by atoms with van der Waals surface area (Å²) in [7, 11) is 3.95. The number of carbonyl (C=O) groups is 1. The van der Waals surface area contributed by atoms with Crippen LogP contribution >= 0.6 is 0 Å². The first-order valence-corrected chi connectivity index (χ1v) is 4.30. The highest BCUT2D eigenvalue weighted by Gasteiger charge is 2.28. The average molecular weight is 238 g/mol. The van der Waals surface area contributed by atoms with Crippen LogP contribution in [-0.4, -0.2) is 30.5 Å². The van der Waals surface area contributed by atoms with Gasteiger partial charge in [0.25, 0.3) is 0 Å². The van der Waals surface area contributed by atoms with Crippen LogP contribution in [0.15, 0.2) is 0 Å². The maximum absolute atomic E-state index is 11.5. The van der Waals surface area contributed by atoms with Gasteiger partial charge in [-0.15, -0.1) is 0 Å². The van der Waals surface area contributed by atoms with Gasteiger partial charge < -0.3 is 17.0 Å². The highest BCUT2D eigenvalue weighted by atomic mass is 79.9. The first-order valence-electron chi connectivity index (χ1n) is 4.30. The molecule has 1 amide bonds. The molecule has 0 saturated heterocycles. The van der Waals surface area contributed by atoms with Crippen molar-refractivity contribution < 1.29 is 26.3 Å². The average Bonchev–Trinajstić information content (AvgIpc) is 1.88. The third kappa shape index (κ3) is 3.68. The summed E-state index contributed by atoms with van der Waals surface area (Å²) >= 11 is 0. The van der Waals surface area contributed by atoms with Gasteiger partial charge in [0.05, 0.1) is 26.6 Å². The second-order valence-electron chi connectivity index (χ2n) is 3.78. The van der Waals surface area contributed by atoms with Gasteiger partial charge in [-0.1, -0.05) is 6.92 Å². The molecular formula is C9H20BrNO. The minimum absolute atomic E-state index is 0. The number of quaternary nitrogens is 1. The van der Waals surface area contributed by atoms with Crippen molar-refractivity contribution >= 4 is 5.91 Å². The summed E-state index contributed by atoms with van der Waals surface area (Å²) in [5, 5.41) is 0. The van der Waals surface area contributed by atoms with Gasteiger partial charge in [0.1, 0.15) is 0 Å². The molecule has 0 rings (SSSR count). The Morgan fingerprint density at radius 2 is 1.75 bits per heavy atom. The van der Waals surface area contributed by atoms with Crippen molar-refractivity contribution in [2.45, 2.75) is 39.7 Å². The number of hydrogen-bond donors (Lipinski definition) is 0. The third-order valence-electron chi connectivity index (χ3n) is 2.40. The van der Waals surface area contributed by atoms with Crippen molar-refractivity contribution in [3.63, 3.8) is 0 Å². The van der Waals surface area contributed by atoms with Crippen molar-refractivity contribution in [3.05, 3.63) is 0 Å². The summed E-state index contributed by atoms with van der Waals surface area (Å²) in [4.78, 5) is 11.5. The highest BCUT2D eigenvalue weighted by molar-refractivity contribution is 5.68. The number of nitrogens with zero attached hydrogens (tertiary/aromatic N) is 1. The molecule has 0 aromatic rings. The highest BCUT2D eigenvalue weighted by Crippen LogP contribution is 2.09. The second kappa shape index (κ2) is 5.70. The Morgan fingerprint density at radius 1 is 1.33 bits per heavy atom. The van der Waals surface area contributed by atoms with Crippen LogP contribution in [0.5, 0.6) is 0 Å². The summed E-state index contributed by atoms with van der Waals surface area (Å²) in [6, 6.07) is 0.383. The van der Waals surface area contributed by atoms with Crippen LogP contribution < -0.4 is 17.0 Å². The summed E-state index contributed by atoms with van der Waals surface area (Å²) in [5.41, 5.74) is 0. The smallest absolute Gasteiger partial charge is 0.313 e. The third-order valence-corrected chi connectivity index (χ3v) is 2.40. The molecule has 3 heteroatoms. The Kier molecular flexibility index (Phi) is 6.95. The topological polar surface area (TPSA) is 17.1 Å². The van der Waals surface area contributed by atoms with E-state index in [0.29, 0.717) is 22.9 Å². The summed E-state index contributed by atoms with van der Waals surface area (Å²) in [6.45, 7) is 6.19. The molecule has 0 aliphatic heterocycles. The van der Waals surface area contributed by atoms with Gasteiger partial charge in [0, 0.05) is 0 Å². The minimum atomic E-state index is 0. The molecule has 0 aromatic carbocycles. The number of halogens is 1. The van der Waals surface area contributed by atoms with Crippen LogP contribution in [0.2, 0.25) is 0 Å². The fourth-order valence-corrected chi connectivity index (χ4v) is 0.790. The molecule has 0 radical (unpaired) electrons. The molecule has 0 aliphatic rings. The standard InChI is InChI=1S/C9H20NO.BrH/c1-6-7-9(11)10(4,5)8(2)3;/h8H,6-7H2,1-5H3;1H/q+1;/p-1. The van der Waals surface area contributed by atoms with Crippen LogP contribution in [-0.2, 0) is 4.79 Å². The van der Waals surface area contributed by atoms with E-state index in [4.69, 9.17) is 0 Å². The van der Waals surface area contributed by atoms with Crippen molar-refractivity contribution in [1.29, 1.82) is 0 Å². The van der Waals surface area contributed by atoms with E-state index in [1.54, 1.807) is 0 Å². The molecular weight excluding hydrogens is 218 g/mol. The van der Waals surface area contributed by atoms with E-state index >= 15 is 0 Å². The van der Waals surface area contributed by atoms with Gasteiger partial charge >= 0.3 is 5.91 Å². The Morgan fingerprint density at radius 3 is 2.00 bits per heavy atom. The minimum Gasteiger partial charge on any atom is -1.00 e. The quantitative estimate of drug-likeness (QED) is 0.565. The van der Waals surface area contributed by atoms with Gasteiger partial charge in [0.15, 0.2) is 0 Å². The van der Waals surface area contributed by atoms with E-state index in [0.717, 1.165) is 6.42 Å². The maximum atomic E-state index is 11.5. The van der Waals surface area contributed by atoms with Gasteiger partial charge in [-0.2, -0.15) is 0 Å². The van der Waals surface area contributed by atoms with Crippen molar-refractivity contribution in [1.82, 2.24) is 0 Å². The lowest BCUT2D eigenvalue weighted by Crippen LogP contribution is -3.00. The van der Waals surface area contributed by atoms with E-state index in [1.807, 2.05) is 21.0 Å². The Labute approximate surface area is 86.3 Å². The zero-order chi connectivity index (χ0) is 9.07. The normalized spacial score (nSPS) is 11.2. The monoisotopic (exact) mass is 237 g/mol. The van der Waals surface area contributed by atoms with E-state index in [-0.39, 0.29) is 17.0 Å². The van der Waals surface area contributed by atoms with Crippen LogP contribution in [0.4, 0.5) is 0 Å². The Bertz CT molecular complexity index is 143. The number of amides is 1. The van der Waals surface area contributed by atoms with Crippen molar-refractivity contribution in [2.75, 3.05) is 14.1 Å². The number of rotatable bonds is 3. The molecule has 0 bridgehead atoms. The first-order chi connectivity index (χ1) is 4.92. The molecule has 0 spiro atoms. The number of carbonyl (C=O) groups excluding carboxylic acids is 1. The van der Waals surface area contributed by atoms with Crippen LogP contribution in [0.3, 0.4) is 0 Å². The lowest BCUT2D eigenvalue weighted by Gasteiger charge is -2.30. The summed E-state index contributed by atoms with van der Waals surface area (Å²) < 4.78 is 0.508. The Balaban J connectivity index is 0. The maximum Gasteiger partial charge on any atom is 0.313 e. The molecule has 0 atom stereocenters. The predicted octanol–water partition coefficient (Wildman–Crippen LogP) is -1.20. The predicted molar refractivity (Wildman–Crippen MR) is 47.2 cm³/mol. The van der Waals surface area contributed by atoms with Crippen LogP contribution in [0.1, 0.15) is 33.6 Å². The first kappa shape index (κ1) is 14.6. The van der Waals surface area contributed by atoms with Gasteiger partial charge in [-0.25, -0.2) is 4.79 Å². The van der Waals surface area contributed by atoms with Crippen molar-refractivity contribution in [2.24, 2.45) is 0 Å². The van der Waals surface area contributed by atoms with Gasteiger partial charge in [-0.05, 0) is 20.3 Å². The van der Waals surface area contributed by atoms with E-state index < -0.39 is 0 Å². The zero-order valence-corrected chi connectivity index (χ0v) is 10.3. The lowest BCUT2D eigenvalue weighted by atomic mass is 10.2. The fourth-order valence-electron chi connectivity index (χ4n) is 0.790. The van der Waals surface area contributed by atoms with E-state index in [2.05, 4.69) is 13.8 Å². The molecule has 0 fully saturated rings. The molecule has 0 saturated carbocycles. The van der Waals surface area contributed by atoms with Gasteiger partial charge in [0.2, 0.25) is 0 Å². The molecule has 0 heterocycles. The zero-order valence-electron chi connectivity index (χ0n) is 8.72. The Hall–Kier alpha value is 0.110. The summed E-state index contributed by atoms with van der Waals surface area (Å²) in [5.74, 6) is 0.336. The summed E-state index contributed by atoms with van der Waals surface area (Å²) in [6.07, 6.45) is 1.65. The van der Waals surface area contributed by atoms with Crippen LogP contribution in [0, 0.1) is 0 Å². The largest absolute Gasteiger partial charge is 1.00 e. The van der Waals surface area contributed by atoms with E-state index in [9.17, 15) is 4.79 Å². The van der Waals surface area contributed by atoms with Gasteiger partial charge in [-0.3, -0.25) is 4.48 Å². The van der Waals surface area contributed by atoms with Crippen molar-refractivity contribution in [3.8, 4) is 0 Å². The lowest BCUT2D eigenvalue weighted by molar-refractivity contribution is -0.836. The molecule has 0 N–H and O–H groups in total. The van der Waals surface area contributed by atoms with E-state index in [1.165, 1.54) is 0 Å². The second-order valence-corrected chi connectivity index (χ2v) is 3.78. The van der Waals surface area contributed by atoms with Crippen LogP contribution in [0.25, 0.3) is 0 Å². The number of hydrogen-bond acceptors (Lipinski definition) is 1. The molecule has 2 nitrogen and oxygen atoms in total.